The third-order valence-electron chi connectivity index (χ3n) is 5.07. The third kappa shape index (κ3) is 1.69. The molecule has 2 aromatic heterocycles. The lowest BCUT2D eigenvalue weighted by molar-refractivity contribution is -0.127. The molecule has 3 fully saturated rings. The quantitative estimate of drug-likeness (QED) is 0.618. The second kappa shape index (κ2) is 4.31. The Balaban J connectivity index is 1.57. The first kappa shape index (κ1) is 14.7. The average Bonchev–Trinajstić information content (AvgIpc) is 2.88. The largest absolute Gasteiger partial charge is 0.470 e. The summed E-state index contributed by atoms with van der Waals surface area (Å²) in [4.78, 5) is 30.6. The molecule has 4 heterocycles. The van der Waals surface area contributed by atoms with Crippen LogP contribution in [0.5, 0.6) is 0 Å². The highest BCUT2D eigenvalue weighted by Gasteiger charge is 2.83. The van der Waals surface area contributed by atoms with Crippen LogP contribution in [0.3, 0.4) is 0 Å². The molecule has 4 unspecified atom stereocenters. The molecule has 2 saturated heterocycles. The van der Waals surface area contributed by atoms with Crippen LogP contribution in [0.4, 0.5) is 5.82 Å². The molecule has 0 radical (unpaired) electrons. The van der Waals surface area contributed by atoms with Gasteiger partial charge in [0.2, 0.25) is 0 Å². The zero-order chi connectivity index (χ0) is 16.9. The summed E-state index contributed by atoms with van der Waals surface area (Å²) in [5.74, 6) is 0.214. The van der Waals surface area contributed by atoms with Crippen LogP contribution in [0.1, 0.15) is 13.2 Å². The van der Waals surface area contributed by atoms with Crippen molar-refractivity contribution in [3.8, 4) is 0 Å². The molecule has 24 heavy (non-hydrogen) atoms. The summed E-state index contributed by atoms with van der Waals surface area (Å²) in [7, 11) is -4.68. The second-order valence-electron chi connectivity index (χ2n) is 6.27. The van der Waals surface area contributed by atoms with Crippen LogP contribution in [0.25, 0.3) is 11.2 Å². The fourth-order valence-electron chi connectivity index (χ4n) is 3.96. The first-order valence-electron chi connectivity index (χ1n) is 7.33. The number of nitrogens with two attached hydrogens (primary N) is 1. The number of phosphoric acid groups is 1. The van der Waals surface area contributed by atoms with E-state index < -0.39 is 31.9 Å². The number of hydrogen-bond donors (Lipinski definition) is 3. The molecule has 3 aliphatic rings. The molecule has 0 aromatic carbocycles. The van der Waals surface area contributed by atoms with E-state index >= 15 is 0 Å². The van der Waals surface area contributed by atoms with Crippen LogP contribution in [-0.2, 0) is 18.6 Å². The molecule has 4 N–H and O–H groups in total. The van der Waals surface area contributed by atoms with Crippen molar-refractivity contribution in [2.24, 2.45) is 5.92 Å². The Morgan fingerprint density at radius 2 is 2.21 bits per heavy atom. The summed E-state index contributed by atoms with van der Waals surface area (Å²) >= 11 is 0. The van der Waals surface area contributed by atoms with Gasteiger partial charge in [0.15, 0.2) is 17.7 Å². The highest BCUT2D eigenvalue weighted by atomic mass is 31.2. The molecule has 2 aromatic rings. The molecule has 12 heteroatoms. The Morgan fingerprint density at radius 3 is 2.96 bits per heavy atom. The summed E-state index contributed by atoms with van der Waals surface area (Å²) in [5, 5.41) is 0. The molecule has 2 bridgehead atoms. The summed E-state index contributed by atoms with van der Waals surface area (Å²) in [6, 6.07) is 0. The average molecular weight is 355 g/mol. The zero-order valence-electron chi connectivity index (χ0n) is 12.4. The number of anilines is 1. The van der Waals surface area contributed by atoms with E-state index in [-0.39, 0.29) is 17.8 Å². The molecule has 1 spiro atoms. The number of hydrogen-bond acceptors (Lipinski definition) is 8. The second-order valence-corrected chi connectivity index (χ2v) is 7.46. The maximum absolute atomic E-state index is 11.3. The van der Waals surface area contributed by atoms with Crippen molar-refractivity contribution >= 4 is 24.8 Å². The highest BCUT2D eigenvalue weighted by Crippen LogP contribution is 2.68. The number of imidazole rings is 1. The Morgan fingerprint density at radius 1 is 1.42 bits per heavy atom. The van der Waals surface area contributed by atoms with Gasteiger partial charge in [-0.3, -0.25) is 9.09 Å². The van der Waals surface area contributed by atoms with Crippen LogP contribution in [0, 0.1) is 5.92 Å². The topological polar surface area (TPSA) is 155 Å². The van der Waals surface area contributed by atoms with Crippen molar-refractivity contribution in [1.29, 1.82) is 0 Å². The number of nitrogen functional groups attached to an aromatic ring is 1. The predicted molar refractivity (Wildman–Crippen MR) is 77.3 cm³/mol. The molecular formula is C12H14N5O6P. The molecule has 2 aliphatic heterocycles. The first-order valence-corrected chi connectivity index (χ1v) is 8.86. The normalized spacial score (nSPS) is 40.2. The Labute approximate surface area is 135 Å². The lowest BCUT2D eigenvalue weighted by Crippen LogP contribution is -2.33. The van der Waals surface area contributed by atoms with Crippen LogP contribution in [0.2, 0.25) is 0 Å². The van der Waals surface area contributed by atoms with E-state index in [0.717, 1.165) is 0 Å². The number of rotatable bonds is 3. The maximum Gasteiger partial charge on any atom is 0.470 e. The summed E-state index contributed by atoms with van der Waals surface area (Å²) in [6.45, 7) is 1.89. The highest BCUT2D eigenvalue weighted by molar-refractivity contribution is 7.46. The van der Waals surface area contributed by atoms with Crippen molar-refractivity contribution in [2.75, 3.05) is 5.73 Å². The number of aromatic nitrogens is 4. The number of ether oxygens (including phenoxy) is 2. The minimum Gasteiger partial charge on any atom is -0.382 e. The van der Waals surface area contributed by atoms with Crippen LogP contribution >= 0.6 is 7.82 Å². The number of phosphoric ester groups is 1. The van der Waals surface area contributed by atoms with Crippen molar-refractivity contribution < 1.29 is 28.3 Å². The van der Waals surface area contributed by atoms with Crippen LogP contribution in [-0.4, -0.2) is 53.2 Å². The molecule has 0 amide bonds. The van der Waals surface area contributed by atoms with Gasteiger partial charge >= 0.3 is 7.82 Å². The number of nitrogens with zero attached hydrogens (tertiary/aromatic N) is 4. The van der Waals surface area contributed by atoms with Crippen molar-refractivity contribution in [3.05, 3.63) is 12.7 Å². The number of fused-ring (bicyclic) bond motifs is 2. The van der Waals surface area contributed by atoms with Gasteiger partial charge in [0, 0.05) is 5.92 Å². The molecule has 5 rings (SSSR count). The minimum absolute atomic E-state index is 0.0234. The molecule has 1 saturated carbocycles. The minimum atomic E-state index is -4.68. The Hall–Kier alpha value is -1.62. The monoisotopic (exact) mass is 355 g/mol. The van der Waals surface area contributed by atoms with Gasteiger partial charge < -0.3 is 25.0 Å². The van der Waals surface area contributed by atoms with Gasteiger partial charge in [0.25, 0.3) is 0 Å². The predicted octanol–water partition coefficient (Wildman–Crippen LogP) is -0.429. The first-order chi connectivity index (χ1) is 11.3. The molecule has 128 valence electrons. The Kier molecular flexibility index (Phi) is 2.64. The smallest absolute Gasteiger partial charge is 0.382 e. The fraction of sp³-hybridized carbons (Fsp3) is 0.583. The SMILES string of the molecule is CC1C2OC3C(OP(=O)(O)O)[C@]12O[C@H]3n1cnc2c(N)ncnc21. The molecule has 1 aliphatic carbocycles. The van der Waals surface area contributed by atoms with Crippen LogP contribution in [0.15, 0.2) is 12.7 Å². The maximum atomic E-state index is 11.3. The summed E-state index contributed by atoms with van der Waals surface area (Å²) in [5.41, 5.74) is 5.81. The summed E-state index contributed by atoms with van der Waals surface area (Å²) in [6.07, 6.45) is 0.380. The van der Waals surface area contributed by atoms with E-state index in [1.165, 1.54) is 12.7 Å². The van der Waals surface area contributed by atoms with E-state index in [2.05, 4.69) is 15.0 Å². The van der Waals surface area contributed by atoms with Crippen molar-refractivity contribution in [3.63, 3.8) is 0 Å². The van der Waals surface area contributed by atoms with Crippen LogP contribution < -0.4 is 5.73 Å². The van der Waals surface area contributed by atoms with Gasteiger partial charge in [-0.15, -0.1) is 0 Å². The lowest BCUT2D eigenvalue weighted by Gasteiger charge is -2.23. The third-order valence-corrected chi connectivity index (χ3v) is 5.57. The zero-order valence-corrected chi connectivity index (χ0v) is 13.3. The van der Waals surface area contributed by atoms with Gasteiger partial charge in [-0.1, -0.05) is 6.92 Å². The van der Waals surface area contributed by atoms with Crippen molar-refractivity contribution in [1.82, 2.24) is 19.5 Å². The fourth-order valence-corrected chi connectivity index (χ4v) is 4.54. The van der Waals surface area contributed by atoms with Gasteiger partial charge in [-0.2, -0.15) is 0 Å². The molecule has 11 nitrogen and oxygen atoms in total. The molecular weight excluding hydrogens is 341 g/mol. The Bertz CT molecular complexity index is 899. The van der Waals surface area contributed by atoms with Gasteiger partial charge in [0.1, 0.15) is 29.7 Å². The van der Waals surface area contributed by atoms with Crippen molar-refractivity contribution in [2.45, 2.75) is 37.1 Å². The lowest BCUT2D eigenvalue weighted by atomic mass is 10.1. The summed E-state index contributed by atoms with van der Waals surface area (Å²) < 4.78 is 30.0. The van der Waals surface area contributed by atoms with Gasteiger partial charge in [-0.05, 0) is 0 Å². The van der Waals surface area contributed by atoms with E-state index in [4.69, 9.17) is 19.7 Å². The van der Waals surface area contributed by atoms with E-state index in [1.54, 1.807) is 4.57 Å². The van der Waals surface area contributed by atoms with Gasteiger partial charge in [-0.25, -0.2) is 19.5 Å². The molecule has 6 atom stereocenters. The van der Waals surface area contributed by atoms with Gasteiger partial charge in [0.05, 0.1) is 12.4 Å². The van der Waals surface area contributed by atoms with E-state index in [9.17, 15) is 14.4 Å². The van der Waals surface area contributed by atoms with E-state index in [1.807, 2.05) is 6.92 Å². The van der Waals surface area contributed by atoms with E-state index in [0.29, 0.717) is 11.2 Å². The standard InChI is InChI=1S/C12H14N5O6P/c1-4-7-12(4)8(23-24(18,19)20)6(21-7)11(22-12)17-3-16-5-9(13)14-2-15-10(5)17/h2-4,6-8,11H,1H3,(H2,13,14,15)(H2,18,19,20)/t4?,6?,7?,8?,11-,12+/m1/s1.